The minimum Gasteiger partial charge on any atom is -0.370 e. The van der Waals surface area contributed by atoms with Gasteiger partial charge >= 0.3 is 0 Å². The zero-order chi connectivity index (χ0) is 53.6. The van der Waals surface area contributed by atoms with Gasteiger partial charge in [0.05, 0.1) is 6.54 Å². The third kappa shape index (κ3) is 18.7. The smallest absolute Gasteiger partial charge is 0.243 e. The molecule has 15 N–H and O–H groups in total. The Morgan fingerprint density at radius 3 is 1.34 bits per heavy atom. The molecule has 398 valence electrons. The first-order valence-electron chi connectivity index (χ1n) is 25.6. The van der Waals surface area contributed by atoms with Crippen molar-refractivity contribution in [3.63, 3.8) is 0 Å². The van der Waals surface area contributed by atoms with Crippen LogP contribution in [-0.4, -0.2) is 109 Å². The van der Waals surface area contributed by atoms with Crippen molar-refractivity contribution in [2.24, 2.45) is 38.8 Å². The van der Waals surface area contributed by atoms with E-state index in [-0.39, 0.29) is 82.3 Å². The van der Waals surface area contributed by atoms with E-state index < -0.39 is 84.1 Å². The molecule has 0 spiro atoms. The molecule has 0 bridgehead atoms. The SMILES string of the molecule is CCCCCCC1NC(=O)[C@@H](Cc2ccc3ccccc3c2)NC(=O)[C@H](CCCN=C(N)N)NC(=O)[C@H](CC(C)C)NC(=O)CNC(=O)[C@H](Cc2ccc3ccccc3c2)NC(=O)[C@H](CCCN=C(N)N)NC1=O. The lowest BCUT2D eigenvalue weighted by Gasteiger charge is -2.28. The van der Waals surface area contributed by atoms with E-state index in [2.05, 4.69) is 47.2 Å². The van der Waals surface area contributed by atoms with Crippen molar-refractivity contribution in [3.8, 4) is 0 Å². The number of benzene rings is 4. The lowest BCUT2D eigenvalue weighted by atomic mass is 9.99. The maximum Gasteiger partial charge on any atom is 0.243 e. The standard InChI is InChI=1S/C54H75N13O7/c1-4-5-6-7-18-40-48(70)63-41(19-12-25-59-53(55)56)49(71)66-44(30-34-21-23-36-14-8-10-16-38(36)28-34)47(69)61-32-46(68)62-43(27-33(2)3)51(73)65-42(20-13-26-60-54(57)58)50(72)67-45(52(74)64-40)31-35-22-24-37-15-9-11-17-39(37)29-35/h8-11,14-17,21-24,28-29,33,40-45H,4-7,12-13,18-20,25-27,30-32H2,1-3H3,(H,61,69)(H,62,68)(H,63,70)(H,64,74)(H,65,73)(H,66,71)(H,67,72)(H4,55,56,59)(H4,57,58,60)/t40?,41-,42-,43-,44-,45+/m0/s1. The molecule has 6 atom stereocenters. The van der Waals surface area contributed by atoms with Crippen LogP contribution in [0.15, 0.2) is 94.9 Å². The highest BCUT2D eigenvalue weighted by molar-refractivity contribution is 5.98. The number of nitrogens with one attached hydrogen (secondary N) is 7. The summed E-state index contributed by atoms with van der Waals surface area (Å²) >= 11 is 0. The second kappa shape index (κ2) is 29.1. The molecule has 7 amide bonds. The fourth-order valence-corrected chi connectivity index (χ4v) is 8.81. The fourth-order valence-electron chi connectivity index (χ4n) is 8.81. The third-order valence-electron chi connectivity index (χ3n) is 12.7. The first-order chi connectivity index (χ1) is 35.5. The Balaban J connectivity index is 1.58. The number of nitrogens with zero attached hydrogens (tertiary/aromatic N) is 2. The molecule has 0 aliphatic carbocycles. The number of carbonyl (C=O) groups is 7. The molecule has 74 heavy (non-hydrogen) atoms. The van der Waals surface area contributed by atoms with E-state index in [9.17, 15) is 33.6 Å². The van der Waals surface area contributed by atoms with Gasteiger partial charge < -0.3 is 60.2 Å². The van der Waals surface area contributed by atoms with Crippen molar-refractivity contribution in [2.75, 3.05) is 19.6 Å². The predicted molar refractivity (Wildman–Crippen MR) is 288 cm³/mol. The average molecular weight is 1020 g/mol. The zero-order valence-electron chi connectivity index (χ0n) is 42.8. The lowest BCUT2D eigenvalue weighted by Crippen LogP contribution is -2.60. The molecule has 0 radical (unpaired) electrons. The monoisotopic (exact) mass is 1020 g/mol. The van der Waals surface area contributed by atoms with E-state index in [4.69, 9.17) is 22.9 Å². The molecule has 4 aromatic carbocycles. The molecule has 1 fully saturated rings. The molecule has 20 nitrogen and oxygen atoms in total. The summed E-state index contributed by atoms with van der Waals surface area (Å²) in [7, 11) is 0. The van der Waals surface area contributed by atoms with E-state index in [1.807, 2.05) is 106 Å². The number of nitrogens with two attached hydrogens (primary N) is 4. The molecule has 20 heteroatoms. The van der Waals surface area contributed by atoms with Crippen LogP contribution in [0.3, 0.4) is 0 Å². The minimum absolute atomic E-state index is 0.00260. The second-order valence-electron chi connectivity index (χ2n) is 19.3. The van der Waals surface area contributed by atoms with Crippen LogP contribution in [0.25, 0.3) is 21.5 Å². The van der Waals surface area contributed by atoms with Gasteiger partial charge in [-0.3, -0.25) is 43.5 Å². The highest BCUT2D eigenvalue weighted by atomic mass is 16.2. The predicted octanol–water partition coefficient (Wildman–Crippen LogP) is 1.94. The van der Waals surface area contributed by atoms with Crippen LogP contribution >= 0.6 is 0 Å². The number of unbranched alkanes of at least 4 members (excludes halogenated alkanes) is 3. The second-order valence-corrected chi connectivity index (χ2v) is 19.3. The summed E-state index contributed by atoms with van der Waals surface area (Å²) in [5.74, 6) is -5.32. The van der Waals surface area contributed by atoms with Gasteiger partial charge in [-0.15, -0.1) is 0 Å². The summed E-state index contributed by atoms with van der Waals surface area (Å²) in [5.41, 5.74) is 23.8. The van der Waals surface area contributed by atoms with Gasteiger partial charge in [-0.05, 0) is 77.1 Å². The van der Waals surface area contributed by atoms with Gasteiger partial charge in [0, 0.05) is 25.9 Å². The first kappa shape index (κ1) is 57.1. The Kier molecular flexibility index (Phi) is 22.4. The van der Waals surface area contributed by atoms with E-state index >= 15 is 0 Å². The molecule has 5 rings (SSSR count). The molecule has 0 aromatic heterocycles. The maximum atomic E-state index is 14.8. The average Bonchev–Trinajstić information content (AvgIpc) is 3.36. The first-order valence-corrected chi connectivity index (χ1v) is 25.6. The Bertz CT molecular complexity index is 2630. The molecule has 1 heterocycles. The van der Waals surface area contributed by atoms with E-state index in [1.54, 1.807) is 0 Å². The fraction of sp³-hybridized carbons (Fsp3) is 0.463. The van der Waals surface area contributed by atoms with Crippen molar-refractivity contribution in [3.05, 3.63) is 96.1 Å². The number of amides is 7. The summed E-state index contributed by atoms with van der Waals surface area (Å²) in [5, 5.41) is 23.4. The minimum atomic E-state index is -1.28. The van der Waals surface area contributed by atoms with Crippen LogP contribution < -0.4 is 60.2 Å². The van der Waals surface area contributed by atoms with E-state index in [0.717, 1.165) is 40.8 Å². The van der Waals surface area contributed by atoms with Gasteiger partial charge in [0.1, 0.15) is 36.3 Å². The molecular weight excluding hydrogens is 943 g/mol. The van der Waals surface area contributed by atoms with Crippen LogP contribution in [0.1, 0.15) is 96.1 Å². The summed E-state index contributed by atoms with van der Waals surface area (Å²) in [6, 6.07) is 19.3. The molecule has 1 unspecified atom stereocenters. The maximum absolute atomic E-state index is 14.8. The number of aliphatic imine (C=N–C) groups is 2. The number of rotatable bonds is 19. The summed E-state index contributed by atoms with van der Waals surface area (Å²) in [6.07, 6.45) is 3.93. The Hall–Kier alpha value is -7.77. The third-order valence-corrected chi connectivity index (χ3v) is 12.7. The number of guanidine groups is 2. The molecule has 1 saturated heterocycles. The van der Waals surface area contributed by atoms with Crippen LogP contribution in [0, 0.1) is 5.92 Å². The van der Waals surface area contributed by atoms with Gasteiger partial charge in [0.25, 0.3) is 0 Å². The van der Waals surface area contributed by atoms with Crippen LogP contribution in [0.2, 0.25) is 0 Å². The summed E-state index contributed by atoms with van der Waals surface area (Å²) in [4.78, 5) is 109. The van der Waals surface area contributed by atoms with Gasteiger partial charge in [-0.1, -0.05) is 131 Å². The quantitative estimate of drug-likeness (QED) is 0.0366. The largest absolute Gasteiger partial charge is 0.370 e. The molecule has 0 saturated carbocycles. The van der Waals surface area contributed by atoms with Crippen molar-refractivity contribution >= 4 is 74.8 Å². The Labute approximate surface area is 432 Å². The number of fused-ring (bicyclic) bond motifs is 2. The van der Waals surface area contributed by atoms with Gasteiger partial charge in [-0.2, -0.15) is 0 Å². The molecule has 4 aromatic rings. The van der Waals surface area contributed by atoms with Crippen molar-refractivity contribution < 1.29 is 33.6 Å². The summed E-state index contributed by atoms with van der Waals surface area (Å²) in [6.45, 7) is 5.44. The van der Waals surface area contributed by atoms with E-state index in [0.29, 0.717) is 17.5 Å². The molecule has 1 aliphatic heterocycles. The number of hydrogen-bond acceptors (Lipinski definition) is 9. The Morgan fingerprint density at radius 1 is 0.486 bits per heavy atom. The van der Waals surface area contributed by atoms with Crippen molar-refractivity contribution in [1.82, 2.24) is 37.2 Å². The Morgan fingerprint density at radius 2 is 0.892 bits per heavy atom. The lowest BCUT2D eigenvalue weighted by molar-refractivity contribution is -0.135. The molecular formula is C54H75N13O7. The normalized spacial score (nSPS) is 20.7. The summed E-state index contributed by atoms with van der Waals surface area (Å²) < 4.78 is 0. The van der Waals surface area contributed by atoms with Crippen LogP contribution in [0.4, 0.5) is 0 Å². The van der Waals surface area contributed by atoms with Gasteiger partial charge in [-0.25, -0.2) is 0 Å². The topological polar surface area (TPSA) is 332 Å². The van der Waals surface area contributed by atoms with Gasteiger partial charge in [0.15, 0.2) is 11.9 Å². The van der Waals surface area contributed by atoms with Crippen LogP contribution in [0.5, 0.6) is 0 Å². The highest BCUT2D eigenvalue weighted by Gasteiger charge is 2.34. The molecule has 1 aliphatic rings. The van der Waals surface area contributed by atoms with E-state index in [1.165, 1.54) is 0 Å². The van der Waals surface area contributed by atoms with Crippen molar-refractivity contribution in [2.45, 2.75) is 134 Å². The highest BCUT2D eigenvalue weighted by Crippen LogP contribution is 2.20. The number of hydrogen-bond donors (Lipinski definition) is 11. The van der Waals surface area contributed by atoms with Crippen molar-refractivity contribution in [1.29, 1.82) is 0 Å². The zero-order valence-corrected chi connectivity index (χ0v) is 42.8. The van der Waals surface area contributed by atoms with Crippen LogP contribution in [-0.2, 0) is 46.4 Å². The number of carbonyl (C=O) groups excluding carboxylic acids is 7. The van der Waals surface area contributed by atoms with Gasteiger partial charge in [0.2, 0.25) is 41.4 Å².